The third-order valence-corrected chi connectivity index (χ3v) is 6.26. The van der Waals surface area contributed by atoms with Crippen molar-refractivity contribution in [2.45, 2.75) is 32.7 Å². The highest BCUT2D eigenvalue weighted by atomic mass is 15.3. The monoisotopic (exact) mass is 425 g/mol. The minimum absolute atomic E-state index is 0.891. The summed E-state index contributed by atoms with van der Waals surface area (Å²) in [6.07, 6.45) is 7.40. The maximum absolute atomic E-state index is 4.81. The van der Waals surface area contributed by atoms with E-state index in [-0.39, 0.29) is 0 Å². The molecule has 2 aromatic heterocycles. The van der Waals surface area contributed by atoms with Gasteiger partial charge in [-0.15, -0.1) is 0 Å². The van der Waals surface area contributed by atoms with Crippen LogP contribution < -0.4 is 4.90 Å². The first kappa shape index (κ1) is 20.7. The Bertz CT molecular complexity index is 1170. The Hall–Kier alpha value is -3.18. The quantitative estimate of drug-likeness (QED) is 0.431. The molecule has 2 aromatic carbocycles. The Morgan fingerprint density at radius 1 is 0.906 bits per heavy atom. The molecule has 1 fully saturated rings. The number of anilines is 1. The van der Waals surface area contributed by atoms with E-state index in [4.69, 9.17) is 10.1 Å². The average molecular weight is 426 g/mol. The molecule has 3 heterocycles. The number of benzene rings is 2. The third-order valence-electron chi connectivity index (χ3n) is 6.26. The standard InChI is InChI=1S/C27H31N5/c1-2-8-22-19-23-9-6-13-28-27(23)26(20-22)31-15-7-14-30(17-18-31)21-24-12-16-32(29-24)25-10-4-3-5-11-25/h3-6,9-13,16,19-20H,2,7-8,14-15,17-18,21H2,1H3. The zero-order valence-corrected chi connectivity index (χ0v) is 18.8. The molecule has 0 unspecified atom stereocenters. The predicted octanol–water partition coefficient (Wildman–Crippen LogP) is 5.09. The van der Waals surface area contributed by atoms with Crippen LogP contribution in [0, 0.1) is 0 Å². The maximum atomic E-state index is 4.81. The Morgan fingerprint density at radius 3 is 2.69 bits per heavy atom. The fourth-order valence-corrected chi connectivity index (χ4v) is 4.68. The predicted molar refractivity (Wildman–Crippen MR) is 131 cm³/mol. The van der Waals surface area contributed by atoms with Gasteiger partial charge in [-0.2, -0.15) is 5.10 Å². The number of nitrogens with zero attached hydrogens (tertiary/aromatic N) is 5. The molecule has 5 heteroatoms. The summed E-state index contributed by atoms with van der Waals surface area (Å²) in [5.41, 5.74) is 6.06. The lowest BCUT2D eigenvalue weighted by molar-refractivity contribution is 0.281. The molecule has 0 saturated carbocycles. The van der Waals surface area contributed by atoms with Crippen LogP contribution >= 0.6 is 0 Å². The molecule has 5 rings (SSSR count). The van der Waals surface area contributed by atoms with Gasteiger partial charge in [0.2, 0.25) is 0 Å². The molecule has 5 nitrogen and oxygen atoms in total. The molecule has 1 aliphatic heterocycles. The molecular weight excluding hydrogens is 394 g/mol. The van der Waals surface area contributed by atoms with Gasteiger partial charge >= 0.3 is 0 Å². The lowest BCUT2D eigenvalue weighted by Crippen LogP contribution is -2.30. The summed E-state index contributed by atoms with van der Waals surface area (Å²) in [5.74, 6) is 0. The molecule has 4 aromatic rings. The molecule has 1 aliphatic rings. The van der Waals surface area contributed by atoms with E-state index in [1.54, 1.807) is 0 Å². The van der Waals surface area contributed by atoms with Gasteiger partial charge in [0.25, 0.3) is 0 Å². The van der Waals surface area contributed by atoms with Crippen molar-refractivity contribution in [3.05, 3.63) is 84.3 Å². The summed E-state index contributed by atoms with van der Waals surface area (Å²) in [6, 6.07) is 21.4. The van der Waals surface area contributed by atoms with Gasteiger partial charge in [0.15, 0.2) is 0 Å². The van der Waals surface area contributed by atoms with Crippen LogP contribution in [0.25, 0.3) is 16.6 Å². The van der Waals surface area contributed by atoms with Gasteiger partial charge in [-0.25, -0.2) is 4.68 Å². The molecule has 1 saturated heterocycles. The molecule has 0 atom stereocenters. The molecule has 0 bridgehead atoms. The Balaban J connectivity index is 1.30. The highest BCUT2D eigenvalue weighted by Gasteiger charge is 2.19. The Labute approximate surface area is 190 Å². The first-order chi connectivity index (χ1) is 15.8. The van der Waals surface area contributed by atoms with E-state index >= 15 is 0 Å². The minimum Gasteiger partial charge on any atom is -0.368 e. The zero-order chi connectivity index (χ0) is 21.8. The van der Waals surface area contributed by atoms with E-state index < -0.39 is 0 Å². The summed E-state index contributed by atoms with van der Waals surface area (Å²) in [5, 5.41) is 6.06. The van der Waals surface area contributed by atoms with Crippen molar-refractivity contribution < 1.29 is 0 Å². The Kier molecular flexibility index (Phi) is 6.17. The van der Waals surface area contributed by atoms with Crippen molar-refractivity contribution in [3.8, 4) is 5.69 Å². The molecule has 0 aliphatic carbocycles. The summed E-state index contributed by atoms with van der Waals surface area (Å²) in [7, 11) is 0. The van der Waals surface area contributed by atoms with Crippen LogP contribution in [0.1, 0.15) is 31.0 Å². The normalized spacial score (nSPS) is 15.2. The SMILES string of the molecule is CCCc1cc(N2CCCN(Cc3ccn(-c4ccccc4)n3)CC2)c2ncccc2c1. The smallest absolute Gasteiger partial charge is 0.0935 e. The van der Waals surface area contributed by atoms with E-state index in [1.807, 2.05) is 35.1 Å². The number of rotatable bonds is 6. The molecule has 164 valence electrons. The maximum Gasteiger partial charge on any atom is 0.0935 e. The average Bonchev–Trinajstić information content (AvgIpc) is 3.17. The van der Waals surface area contributed by atoms with Gasteiger partial charge in [-0.1, -0.05) is 37.6 Å². The van der Waals surface area contributed by atoms with E-state index in [0.29, 0.717) is 0 Å². The zero-order valence-electron chi connectivity index (χ0n) is 18.8. The highest BCUT2D eigenvalue weighted by Crippen LogP contribution is 2.28. The van der Waals surface area contributed by atoms with Gasteiger partial charge < -0.3 is 4.90 Å². The second-order valence-corrected chi connectivity index (χ2v) is 8.64. The number of aryl methyl sites for hydroxylation is 1. The van der Waals surface area contributed by atoms with E-state index in [2.05, 4.69) is 59.3 Å². The first-order valence-corrected chi connectivity index (χ1v) is 11.7. The topological polar surface area (TPSA) is 37.2 Å². The van der Waals surface area contributed by atoms with Crippen molar-refractivity contribution in [2.24, 2.45) is 0 Å². The number of hydrogen-bond donors (Lipinski definition) is 0. The molecule has 0 radical (unpaired) electrons. The number of para-hydroxylation sites is 1. The van der Waals surface area contributed by atoms with Gasteiger partial charge in [-0.05, 0) is 54.8 Å². The van der Waals surface area contributed by atoms with E-state index in [9.17, 15) is 0 Å². The fraction of sp³-hybridized carbons (Fsp3) is 0.333. The van der Waals surface area contributed by atoms with Crippen molar-refractivity contribution >= 4 is 16.6 Å². The summed E-state index contributed by atoms with van der Waals surface area (Å²) in [4.78, 5) is 9.81. The summed E-state index contributed by atoms with van der Waals surface area (Å²) in [6.45, 7) is 7.34. The molecule has 0 N–H and O–H groups in total. The summed E-state index contributed by atoms with van der Waals surface area (Å²) >= 11 is 0. The third kappa shape index (κ3) is 4.53. The highest BCUT2D eigenvalue weighted by molar-refractivity contribution is 5.91. The molecule has 0 amide bonds. The molecule has 32 heavy (non-hydrogen) atoms. The molecule has 0 spiro atoms. The van der Waals surface area contributed by atoms with Crippen molar-refractivity contribution in [1.82, 2.24) is 19.7 Å². The van der Waals surface area contributed by atoms with Crippen LogP contribution in [-0.4, -0.2) is 45.8 Å². The van der Waals surface area contributed by atoms with Crippen molar-refractivity contribution in [3.63, 3.8) is 0 Å². The summed E-state index contributed by atoms with van der Waals surface area (Å²) < 4.78 is 1.97. The fourth-order valence-electron chi connectivity index (χ4n) is 4.68. The minimum atomic E-state index is 0.891. The first-order valence-electron chi connectivity index (χ1n) is 11.7. The van der Waals surface area contributed by atoms with Crippen LogP contribution in [0.5, 0.6) is 0 Å². The van der Waals surface area contributed by atoms with Crippen LogP contribution in [0.15, 0.2) is 73.1 Å². The van der Waals surface area contributed by atoms with Gasteiger partial charge in [0, 0.05) is 50.5 Å². The lowest BCUT2D eigenvalue weighted by Gasteiger charge is -2.25. The second-order valence-electron chi connectivity index (χ2n) is 8.64. The number of aromatic nitrogens is 3. The van der Waals surface area contributed by atoms with Crippen LogP contribution in [0.3, 0.4) is 0 Å². The van der Waals surface area contributed by atoms with Crippen molar-refractivity contribution in [2.75, 3.05) is 31.1 Å². The van der Waals surface area contributed by atoms with E-state index in [1.165, 1.54) is 16.6 Å². The Morgan fingerprint density at radius 2 is 1.81 bits per heavy atom. The van der Waals surface area contributed by atoms with Crippen molar-refractivity contribution in [1.29, 1.82) is 0 Å². The van der Waals surface area contributed by atoms with Crippen LogP contribution in [-0.2, 0) is 13.0 Å². The number of fused-ring (bicyclic) bond motifs is 1. The number of hydrogen-bond acceptors (Lipinski definition) is 4. The van der Waals surface area contributed by atoms with Crippen LogP contribution in [0.2, 0.25) is 0 Å². The number of pyridine rings is 1. The lowest BCUT2D eigenvalue weighted by atomic mass is 10.0. The van der Waals surface area contributed by atoms with Crippen LogP contribution in [0.4, 0.5) is 5.69 Å². The largest absolute Gasteiger partial charge is 0.368 e. The molecular formula is C27H31N5. The second kappa shape index (κ2) is 9.53. The van der Waals surface area contributed by atoms with Gasteiger partial charge in [0.1, 0.15) is 0 Å². The van der Waals surface area contributed by atoms with Gasteiger partial charge in [0.05, 0.1) is 22.6 Å². The van der Waals surface area contributed by atoms with Gasteiger partial charge in [-0.3, -0.25) is 9.88 Å². The van der Waals surface area contributed by atoms with E-state index in [0.717, 1.165) is 68.9 Å².